The van der Waals surface area contributed by atoms with Gasteiger partial charge in [-0.05, 0) is 62.4 Å². The van der Waals surface area contributed by atoms with E-state index >= 15 is 0 Å². The van der Waals surface area contributed by atoms with E-state index in [0.29, 0.717) is 12.3 Å². The molecule has 8 heteroatoms. The summed E-state index contributed by atoms with van der Waals surface area (Å²) in [4.78, 5) is 23.6. The fourth-order valence-electron chi connectivity index (χ4n) is 2.64. The van der Waals surface area contributed by atoms with Crippen LogP contribution in [0.1, 0.15) is 13.8 Å². The molecule has 2 aromatic heterocycles. The summed E-state index contributed by atoms with van der Waals surface area (Å²) in [5.74, 6) is -0.388. The lowest BCUT2D eigenvalue weighted by Gasteiger charge is -2.03. The molecule has 0 saturated carbocycles. The molecule has 2 heterocycles. The topological polar surface area (TPSA) is 100 Å². The molecule has 0 aliphatic heterocycles. The van der Waals surface area contributed by atoms with Crippen molar-refractivity contribution in [3.8, 4) is 11.4 Å². The zero-order valence-corrected chi connectivity index (χ0v) is 17.4. The summed E-state index contributed by atoms with van der Waals surface area (Å²) in [6.07, 6.45) is 10.7. The highest BCUT2D eigenvalue weighted by atomic mass is 16.5. The van der Waals surface area contributed by atoms with E-state index in [4.69, 9.17) is 10.5 Å². The average molecular weight is 416 g/mol. The molecule has 0 bridgehead atoms. The van der Waals surface area contributed by atoms with Crippen LogP contribution in [0.25, 0.3) is 11.4 Å². The van der Waals surface area contributed by atoms with Crippen LogP contribution in [0.2, 0.25) is 0 Å². The van der Waals surface area contributed by atoms with Crippen molar-refractivity contribution in [2.24, 2.45) is 4.99 Å². The Morgan fingerprint density at radius 2 is 1.45 bits per heavy atom. The number of imidazole rings is 2. The molecular weight excluding hydrogens is 392 g/mol. The van der Waals surface area contributed by atoms with Gasteiger partial charge < -0.3 is 19.6 Å². The Balaban J connectivity index is 0.000000194. The van der Waals surface area contributed by atoms with Crippen LogP contribution in [-0.2, 0) is 9.53 Å². The Labute approximate surface area is 180 Å². The maximum absolute atomic E-state index is 11.4. The summed E-state index contributed by atoms with van der Waals surface area (Å²) in [6, 6.07) is 15.2. The molecule has 31 heavy (non-hydrogen) atoms. The number of nitrogens with zero attached hydrogens (tertiary/aromatic N) is 5. The van der Waals surface area contributed by atoms with Crippen LogP contribution < -0.4 is 5.73 Å². The van der Waals surface area contributed by atoms with Gasteiger partial charge in [0.25, 0.3) is 0 Å². The van der Waals surface area contributed by atoms with E-state index in [0.717, 1.165) is 22.7 Å². The zero-order chi connectivity index (χ0) is 22.1. The lowest BCUT2D eigenvalue weighted by molar-refractivity contribution is -0.135. The van der Waals surface area contributed by atoms with Crippen LogP contribution in [0.4, 0.5) is 11.4 Å². The number of rotatable bonds is 5. The molecule has 0 spiro atoms. The molecular formula is C23H24N6O2. The van der Waals surface area contributed by atoms with Gasteiger partial charge in [-0.15, -0.1) is 0 Å². The number of hydrogen-bond donors (Lipinski definition) is 1. The molecule has 0 aliphatic carbocycles. The number of aromatic nitrogens is 4. The molecule has 0 radical (unpaired) electrons. The molecule has 2 aromatic carbocycles. The largest absolute Gasteiger partial charge is 0.462 e. The Morgan fingerprint density at radius 1 is 0.935 bits per heavy atom. The van der Waals surface area contributed by atoms with Crippen LogP contribution >= 0.6 is 0 Å². The van der Waals surface area contributed by atoms with Crippen molar-refractivity contribution in [3.63, 3.8) is 0 Å². The summed E-state index contributed by atoms with van der Waals surface area (Å²) in [6.45, 7) is 3.76. The maximum Gasteiger partial charge on any atom is 0.352 e. The molecule has 0 atom stereocenters. The lowest BCUT2D eigenvalue weighted by atomic mass is 10.2. The summed E-state index contributed by atoms with van der Waals surface area (Å²) < 4.78 is 8.70. The first-order chi connectivity index (χ1) is 15.1. The first-order valence-corrected chi connectivity index (χ1v) is 9.71. The monoisotopic (exact) mass is 416 g/mol. The van der Waals surface area contributed by atoms with E-state index in [2.05, 4.69) is 15.0 Å². The van der Waals surface area contributed by atoms with Crippen LogP contribution in [0, 0.1) is 0 Å². The van der Waals surface area contributed by atoms with E-state index in [-0.39, 0.29) is 5.97 Å². The van der Waals surface area contributed by atoms with Gasteiger partial charge in [0.1, 0.15) is 5.71 Å². The second-order valence-electron chi connectivity index (χ2n) is 6.47. The molecule has 0 unspecified atom stereocenters. The molecule has 4 aromatic rings. The van der Waals surface area contributed by atoms with E-state index in [1.807, 2.05) is 70.1 Å². The van der Waals surface area contributed by atoms with E-state index in [9.17, 15) is 4.79 Å². The SMILES string of the molecule is CCOC(=O)C(C)=Nc1ccc(-n2ccnc2)cc1.Nc1ccc(-n2ccnc2)cc1. The molecule has 0 saturated heterocycles. The lowest BCUT2D eigenvalue weighted by Crippen LogP contribution is -2.13. The van der Waals surface area contributed by atoms with E-state index in [1.54, 1.807) is 38.9 Å². The van der Waals surface area contributed by atoms with Crippen molar-refractivity contribution >= 4 is 23.1 Å². The van der Waals surface area contributed by atoms with Gasteiger partial charge in [-0.1, -0.05) is 0 Å². The van der Waals surface area contributed by atoms with Crippen molar-refractivity contribution in [2.45, 2.75) is 13.8 Å². The van der Waals surface area contributed by atoms with Crippen LogP contribution in [-0.4, -0.2) is 37.4 Å². The minimum Gasteiger partial charge on any atom is -0.462 e. The van der Waals surface area contributed by atoms with Crippen LogP contribution in [0.5, 0.6) is 0 Å². The molecule has 8 nitrogen and oxygen atoms in total. The smallest absolute Gasteiger partial charge is 0.352 e. The molecule has 0 amide bonds. The molecule has 0 aliphatic rings. The summed E-state index contributed by atoms with van der Waals surface area (Å²) in [5.41, 5.74) is 9.46. The number of nitrogens with two attached hydrogens (primary N) is 1. The second kappa shape index (κ2) is 10.5. The predicted octanol–water partition coefficient (Wildman–Crippen LogP) is 3.98. The Morgan fingerprint density at radius 3 is 1.90 bits per heavy atom. The van der Waals surface area contributed by atoms with Crippen molar-refractivity contribution in [1.29, 1.82) is 0 Å². The number of benzene rings is 2. The van der Waals surface area contributed by atoms with Gasteiger partial charge >= 0.3 is 5.97 Å². The number of aliphatic imine (C=N–C) groups is 1. The number of anilines is 1. The molecule has 158 valence electrons. The number of carbonyl (C=O) groups is 1. The van der Waals surface area contributed by atoms with Gasteiger partial charge in [0.15, 0.2) is 0 Å². The number of esters is 1. The minimum absolute atomic E-state index is 0.345. The van der Waals surface area contributed by atoms with Crippen molar-refractivity contribution in [3.05, 3.63) is 86.0 Å². The number of ether oxygens (including phenoxy) is 1. The van der Waals surface area contributed by atoms with Crippen LogP contribution in [0.3, 0.4) is 0 Å². The first kappa shape index (κ1) is 21.5. The van der Waals surface area contributed by atoms with Gasteiger partial charge in [-0.2, -0.15) is 0 Å². The summed E-state index contributed by atoms with van der Waals surface area (Å²) in [7, 11) is 0. The van der Waals surface area contributed by atoms with Crippen molar-refractivity contribution in [1.82, 2.24) is 19.1 Å². The summed E-state index contributed by atoms with van der Waals surface area (Å²) in [5, 5.41) is 0. The Kier molecular flexibility index (Phi) is 7.31. The third-order valence-corrected chi connectivity index (χ3v) is 4.22. The molecule has 2 N–H and O–H groups in total. The predicted molar refractivity (Wildman–Crippen MR) is 121 cm³/mol. The van der Waals surface area contributed by atoms with E-state index < -0.39 is 0 Å². The maximum atomic E-state index is 11.4. The fraction of sp³-hybridized carbons (Fsp3) is 0.130. The third kappa shape index (κ3) is 6.14. The Bertz CT molecular complexity index is 1100. The Hall–Kier alpha value is -4.20. The zero-order valence-electron chi connectivity index (χ0n) is 17.4. The highest BCUT2D eigenvalue weighted by Gasteiger charge is 2.06. The van der Waals surface area contributed by atoms with E-state index in [1.165, 1.54) is 0 Å². The minimum atomic E-state index is -0.388. The van der Waals surface area contributed by atoms with Crippen molar-refractivity contribution in [2.75, 3.05) is 12.3 Å². The molecule has 0 fully saturated rings. The van der Waals surface area contributed by atoms with Gasteiger partial charge in [0.05, 0.1) is 24.9 Å². The standard InChI is InChI=1S/C14H15N3O2.C9H9N3/c1-3-19-14(18)11(2)16-12-4-6-13(7-5-12)17-9-8-15-10-17;10-8-1-3-9(4-2-8)12-6-5-11-7-12/h4-10H,3H2,1-2H3;1-7H,10H2. The average Bonchev–Trinajstić information content (AvgIpc) is 3.50. The summed E-state index contributed by atoms with van der Waals surface area (Å²) >= 11 is 0. The quantitative estimate of drug-likeness (QED) is 0.301. The van der Waals surface area contributed by atoms with Gasteiger partial charge in [0, 0.05) is 41.8 Å². The highest BCUT2D eigenvalue weighted by molar-refractivity contribution is 6.35. The van der Waals surface area contributed by atoms with Gasteiger partial charge in [-0.3, -0.25) is 0 Å². The van der Waals surface area contributed by atoms with Gasteiger partial charge in [-0.25, -0.2) is 19.8 Å². The van der Waals surface area contributed by atoms with Crippen LogP contribution in [0.15, 0.2) is 91.0 Å². The third-order valence-electron chi connectivity index (χ3n) is 4.22. The number of carbonyl (C=O) groups excluding carboxylic acids is 1. The second-order valence-corrected chi connectivity index (χ2v) is 6.47. The van der Waals surface area contributed by atoms with Gasteiger partial charge in [0.2, 0.25) is 0 Å². The number of hydrogen-bond acceptors (Lipinski definition) is 6. The fourth-order valence-corrected chi connectivity index (χ4v) is 2.64. The highest BCUT2D eigenvalue weighted by Crippen LogP contribution is 2.16. The first-order valence-electron chi connectivity index (χ1n) is 9.71. The number of nitrogen functional groups attached to an aromatic ring is 1. The molecule has 4 rings (SSSR count). The normalized spacial score (nSPS) is 10.8. The van der Waals surface area contributed by atoms with Crippen molar-refractivity contribution < 1.29 is 9.53 Å².